The fourth-order valence-corrected chi connectivity index (χ4v) is 4.26. The molecular weight excluding hydrogens is 527 g/mol. The molecule has 0 radical (unpaired) electrons. The van der Waals surface area contributed by atoms with Gasteiger partial charge in [0.15, 0.2) is 0 Å². The van der Waals surface area contributed by atoms with E-state index in [0.717, 1.165) is 37.4 Å². The maximum Gasteiger partial charge on any atom is 0.267 e. The average Bonchev–Trinajstić information content (AvgIpc) is 3.00. The fraction of sp³-hybridized carbons (Fsp3) is 0.233. The Balaban J connectivity index is 1.24. The van der Waals surface area contributed by atoms with E-state index in [9.17, 15) is 18.8 Å². The summed E-state index contributed by atoms with van der Waals surface area (Å²) in [5.41, 5.74) is 10.3. The zero-order chi connectivity index (χ0) is 29.2. The molecule has 3 aromatic carbocycles. The summed E-state index contributed by atoms with van der Waals surface area (Å²) in [6, 6.07) is 19.1. The van der Waals surface area contributed by atoms with Crippen LogP contribution in [-0.2, 0) is 9.59 Å². The van der Waals surface area contributed by atoms with Crippen LogP contribution in [0, 0.1) is 17.7 Å². The lowest BCUT2D eigenvalue weighted by Crippen LogP contribution is -2.50. The minimum Gasteiger partial charge on any atom is -0.369 e. The number of nitrogens with one attached hydrogen (secondary N) is 3. The van der Waals surface area contributed by atoms with E-state index in [0.29, 0.717) is 16.8 Å². The van der Waals surface area contributed by atoms with Crippen LogP contribution in [0.4, 0.5) is 15.8 Å². The molecule has 4 rings (SSSR count). The quantitative estimate of drug-likeness (QED) is 0.161. The first kappa shape index (κ1) is 29.2. The van der Waals surface area contributed by atoms with E-state index in [-0.39, 0.29) is 24.8 Å². The van der Waals surface area contributed by atoms with Gasteiger partial charge in [-0.2, -0.15) is 0 Å². The van der Waals surface area contributed by atoms with Gasteiger partial charge in [0, 0.05) is 60.8 Å². The number of carbonyl (C=O) groups excluding carboxylic acids is 3. The van der Waals surface area contributed by atoms with Crippen molar-refractivity contribution in [3.05, 3.63) is 95.3 Å². The molecule has 0 aromatic heterocycles. The Morgan fingerprint density at radius 2 is 1.46 bits per heavy atom. The van der Waals surface area contributed by atoms with Gasteiger partial charge in [-0.1, -0.05) is 11.8 Å². The number of hydrogen-bond donors (Lipinski definition) is 5. The van der Waals surface area contributed by atoms with Crippen LogP contribution in [0.25, 0.3) is 0 Å². The van der Waals surface area contributed by atoms with Crippen molar-refractivity contribution in [2.45, 2.75) is 6.04 Å². The molecule has 3 amide bonds. The number of rotatable bonds is 8. The maximum absolute atomic E-state index is 13.2. The van der Waals surface area contributed by atoms with E-state index in [1.807, 2.05) is 12.1 Å². The van der Waals surface area contributed by atoms with Crippen molar-refractivity contribution in [2.75, 3.05) is 49.5 Å². The first-order valence-electron chi connectivity index (χ1n) is 13.0. The molecule has 1 atom stereocenters. The SMILES string of the molecule is NC[C@H](NC(=O)c1ccc(C#Cc2ccc(NC(=O)CN3CCN(c4ccc(F)cc4)CC3)cc2)cc1)C(=O)NO. The van der Waals surface area contributed by atoms with Gasteiger partial charge in [0.1, 0.15) is 11.9 Å². The zero-order valence-corrected chi connectivity index (χ0v) is 22.3. The van der Waals surface area contributed by atoms with Gasteiger partial charge in [-0.3, -0.25) is 24.5 Å². The highest BCUT2D eigenvalue weighted by atomic mass is 19.1. The van der Waals surface area contributed by atoms with Crippen molar-refractivity contribution in [1.29, 1.82) is 0 Å². The smallest absolute Gasteiger partial charge is 0.267 e. The Morgan fingerprint density at radius 1 is 0.878 bits per heavy atom. The predicted octanol–water partition coefficient (Wildman–Crippen LogP) is 1.55. The van der Waals surface area contributed by atoms with Crippen molar-refractivity contribution >= 4 is 29.1 Å². The van der Waals surface area contributed by atoms with Crippen LogP contribution in [0.1, 0.15) is 21.5 Å². The number of nitrogens with zero attached hydrogens (tertiary/aromatic N) is 2. The molecule has 10 nitrogen and oxygen atoms in total. The van der Waals surface area contributed by atoms with Crippen LogP contribution in [0.15, 0.2) is 72.8 Å². The number of halogens is 1. The third-order valence-corrected chi connectivity index (χ3v) is 6.57. The van der Waals surface area contributed by atoms with E-state index in [1.165, 1.54) is 17.6 Å². The highest BCUT2D eigenvalue weighted by Gasteiger charge is 2.20. The highest BCUT2D eigenvalue weighted by Crippen LogP contribution is 2.17. The van der Waals surface area contributed by atoms with Gasteiger partial charge in [0.05, 0.1) is 6.54 Å². The predicted molar refractivity (Wildman–Crippen MR) is 153 cm³/mol. The van der Waals surface area contributed by atoms with Crippen molar-refractivity contribution in [2.24, 2.45) is 5.73 Å². The number of piperazine rings is 1. The topological polar surface area (TPSA) is 140 Å². The van der Waals surface area contributed by atoms with Gasteiger partial charge >= 0.3 is 0 Å². The largest absolute Gasteiger partial charge is 0.369 e. The van der Waals surface area contributed by atoms with E-state index in [2.05, 4.69) is 32.3 Å². The second-order valence-electron chi connectivity index (χ2n) is 9.43. The number of hydrogen-bond acceptors (Lipinski definition) is 7. The summed E-state index contributed by atoms with van der Waals surface area (Å²) in [4.78, 5) is 40.6. The standard InChI is InChI=1S/C30H31FN6O4/c31-24-9-13-26(14-10-24)37-17-15-36(16-18-37)20-28(38)33-25-11-5-22(6-12-25)2-1-21-3-7-23(8-4-21)29(39)34-27(19-32)30(40)35-41/h3-14,27,41H,15-20,32H2,(H,33,38)(H,34,39)(H,35,40)/t27-/m0/s1. The molecule has 0 unspecified atom stereocenters. The molecule has 0 bridgehead atoms. The molecule has 0 saturated carbocycles. The molecule has 6 N–H and O–H groups in total. The summed E-state index contributed by atoms with van der Waals surface area (Å²) in [7, 11) is 0. The monoisotopic (exact) mass is 558 g/mol. The molecule has 0 aliphatic carbocycles. The van der Waals surface area contributed by atoms with Gasteiger partial charge in [-0.15, -0.1) is 0 Å². The molecule has 41 heavy (non-hydrogen) atoms. The van der Waals surface area contributed by atoms with Gasteiger partial charge in [-0.05, 0) is 72.8 Å². The van der Waals surface area contributed by atoms with Gasteiger partial charge < -0.3 is 21.3 Å². The Kier molecular flexibility index (Phi) is 10.0. The minimum atomic E-state index is -1.05. The van der Waals surface area contributed by atoms with E-state index < -0.39 is 17.9 Å². The number of carbonyl (C=O) groups is 3. The van der Waals surface area contributed by atoms with Crippen LogP contribution in [0.5, 0.6) is 0 Å². The Hall–Kier alpha value is -4.76. The minimum absolute atomic E-state index is 0.0991. The third kappa shape index (κ3) is 8.36. The molecule has 0 spiro atoms. The summed E-state index contributed by atoms with van der Waals surface area (Å²) in [5, 5.41) is 14.1. The number of amides is 3. The average molecular weight is 559 g/mol. The molecule has 1 aliphatic rings. The zero-order valence-electron chi connectivity index (χ0n) is 22.3. The normalized spacial score (nSPS) is 13.9. The Morgan fingerprint density at radius 3 is 2.02 bits per heavy atom. The van der Waals surface area contributed by atoms with Crippen LogP contribution in [-0.4, -0.2) is 73.1 Å². The van der Waals surface area contributed by atoms with Crippen LogP contribution in [0.2, 0.25) is 0 Å². The molecule has 212 valence electrons. The van der Waals surface area contributed by atoms with Crippen molar-refractivity contribution in [3.63, 3.8) is 0 Å². The third-order valence-electron chi connectivity index (χ3n) is 6.57. The van der Waals surface area contributed by atoms with Gasteiger partial charge in [0.2, 0.25) is 5.91 Å². The number of hydroxylamine groups is 1. The maximum atomic E-state index is 13.2. The summed E-state index contributed by atoms with van der Waals surface area (Å²) in [6.07, 6.45) is 0. The molecule has 3 aromatic rings. The number of benzene rings is 3. The molecule has 1 heterocycles. The summed E-state index contributed by atoms with van der Waals surface area (Å²) in [6.45, 7) is 3.12. The van der Waals surface area contributed by atoms with Crippen molar-refractivity contribution < 1.29 is 24.0 Å². The molecule has 1 saturated heterocycles. The second-order valence-corrected chi connectivity index (χ2v) is 9.43. The molecule has 1 aliphatic heterocycles. The van der Waals surface area contributed by atoms with Crippen molar-refractivity contribution in [1.82, 2.24) is 15.7 Å². The van der Waals surface area contributed by atoms with E-state index in [1.54, 1.807) is 48.5 Å². The second kappa shape index (κ2) is 14.0. The molecule has 1 fully saturated rings. The Bertz CT molecular complexity index is 1410. The first-order chi connectivity index (χ1) is 19.8. The van der Waals surface area contributed by atoms with Crippen LogP contribution < -0.4 is 26.7 Å². The molecular formula is C30H31FN6O4. The van der Waals surface area contributed by atoms with E-state index in [4.69, 9.17) is 10.9 Å². The summed E-state index contributed by atoms with van der Waals surface area (Å²) in [5.74, 6) is 4.41. The van der Waals surface area contributed by atoms with Gasteiger partial charge in [0.25, 0.3) is 11.8 Å². The lowest BCUT2D eigenvalue weighted by atomic mass is 10.1. The summed E-state index contributed by atoms with van der Waals surface area (Å²) < 4.78 is 13.2. The lowest BCUT2D eigenvalue weighted by molar-refractivity contribution is -0.130. The Labute approximate surface area is 237 Å². The first-order valence-corrected chi connectivity index (χ1v) is 13.0. The summed E-state index contributed by atoms with van der Waals surface area (Å²) >= 11 is 0. The van der Waals surface area contributed by atoms with Crippen LogP contribution in [0.3, 0.4) is 0 Å². The number of anilines is 2. The highest BCUT2D eigenvalue weighted by molar-refractivity contribution is 5.97. The molecule has 11 heteroatoms. The fourth-order valence-electron chi connectivity index (χ4n) is 4.26. The number of nitrogens with two attached hydrogens (primary N) is 1. The van der Waals surface area contributed by atoms with Crippen LogP contribution >= 0.6 is 0 Å². The van der Waals surface area contributed by atoms with E-state index >= 15 is 0 Å². The lowest BCUT2D eigenvalue weighted by Gasteiger charge is -2.35. The van der Waals surface area contributed by atoms with Gasteiger partial charge in [-0.25, -0.2) is 9.87 Å². The van der Waals surface area contributed by atoms with Crippen molar-refractivity contribution in [3.8, 4) is 11.8 Å².